The highest BCUT2D eigenvalue weighted by atomic mass is 32.2. The second-order valence-corrected chi connectivity index (χ2v) is 10.0. The number of carbonyl (C=O) groups is 2. The van der Waals surface area contributed by atoms with Crippen LogP contribution in [0.1, 0.15) is 37.7 Å². The minimum Gasteiger partial charge on any atom is -0.497 e. The molecule has 0 bridgehead atoms. The van der Waals surface area contributed by atoms with Gasteiger partial charge in [0.05, 0.1) is 13.2 Å². The number of amides is 2. The second kappa shape index (κ2) is 12.5. The van der Waals surface area contributed by atoms with Crippen LogP contribution in [0.15, 0.2) is 24.3 Å². The number of rotatable bonds is 10. The van der Waals surface area contributed by atoms with Crippen LogP contribution < -0.4 is 20.7 Å². The van der Waals surface area contributed by atoms with Gasteiger partial charge in [-0.3, -0.25) is 14.9 Å². The summed E-state index contributed by atoms with van der Waals surface area (Å²) in [5.74, 6) is 4.53. The fraction of sp³-hybridized carbons (Fsp3) is 0.636. The normalized spacial score (nSPS) is 20.5. The number of carbonyl (C=O) groups excluding carboxylic acids is 2. The molecule has 1 saturated carbocycles. The van der Waals surface area contributed by atoms with E-state index in [1.54, 1.807) is 30.6 Å². The van der Waals surface area contributed by atoms with Crippen LogP contribution in [0.25, 0.3) is 0 Å². The fourth-order valence-electron chi connectivity index (χ4n) is 3.78. The average Bonchev–Trinajstić information content (AvgIpc) is 3.33. The molecule has 6 nitrogen and oxygen atoms in total. The van der Waals surface area contributed by atoms with Crippen LogP contribution >= 0.6 is 23.5 Å². The van der Waals surface area contributed by atoms with Crippen LogP contribution in [-0.4, -0.2) is 54.1 Å². The molecule has 0 unspecified atom stereocenters. The van der Waals surface area contributed by atoms with E-state index in [1.165, 1.54) is 32.1 Å². The van der Waals surface area contributed by atoms with E-state index < -0.39 is 6.04 Å². The highest BCUT2D eigenvalue weighted by molar-refractivity contribution is 7.99. The number of thioether (sulfide) groups is 2. The summed E-state index contributed by atoms with van der Waals surface area (Å²) in [6.07, 6.45) is 6.56. The van der Waals surface area contributed by atoms with Gasteiger partial charge < -0.3 is 15.4 Å². The van der Waals surface area contributed by atoms with E-state index in [0.29, 0.717) is 12.3 Å². The van der Waals surface area contributed by atoms with Crippen LogP contribution in [0, 0.1) is 5.92 Å². The van der Waals surface area contributed by atoms with Gasteiger partial charge in [0.15, 0.2) is 0 Å². The van der Waals surface area contributed by atoms with Crippen molar-refractivity contribution < 1.29 is 14.3 Å². The molecule has 2 fully saturated rings. The van der Waals surface area contributed by atoms with Gasteiger partial charge in [-0.1, -0.05) is 31.4 Å². The Hall–Kier alpha value is -1.38. The summed E-state index contributed by atoms with van der Waals surface area (Å²) >= 11 is 3.49. The zero-order chi connectivity index (χ0) is 21.2. The largest absolute Gasteiger partial charge is 0.497 e. The third-order valence-electron chi connectivity index (χ3n) is 5.65. The quantitative estimate of drug-likeness (QED) is 0.508. The smallest absolute Gasteiger partial charge is 0.243 e. The lowest BCUT2D eigenvalue weighted by atomic mass is 9.91. The molecule has 1 aliphatic carbocycles. The highest BCUT2D eigenvalue weighted by Gasteiger charge is 2.28. The molecule has 0 aromatic heterocycles. The van der Waals surface area contributed by atoms with Gasteiger partial charge in [0, 0.05) is 23.9 Å². The van der Waals surface area contributed by atoms with Gasteiger partial charge >= 0.3 is 0 Å². The molecule has 1 aromatic carbocycles. The molecule has 2 atom stereocenters. The van der Waals surface area contributed by atoms with Crippen LogP contribution in [0.3, 0.4) is 0 Å². The van der Waals surface area contributed by atoms with Crippen molar-refractivity contribution in [3.8, 4) is 5.75 Å². The molecule has 30 heavy (non-hydrogen) atoms. The van der Waals surface area contributed by atoms with E-state index in [4.69, 9.17) is 4.74 Å². The van der Waals surface area contributed by atoms with Crippen molar-refractivity contribution in [2.75, 3.05) is 30.2 Å². The molecule has 1 saturated heterocycles. The van der Waals surface area contributed by atoms with E-state index in [9.17, 15) is 9.59 Å². The van der Waals surface area contributed by atoms with Crippen LogP contribution in [0.4, 0.5) is 0 Å². The maximum Gasteiger partial charge on any atom is 0.243 e. The Morgan fingerprint density at radius 1 is 1.23 bits per heavy atom. The van der Waals surface area contributed by atoms with E-state index in [-0.39, 0.29) is 17.9 Å². The Morgan fingerprint density at radius 3 is 2.67 bits per heavy atom. The van der Waals surface area contributed by atoms with E-state index in [1.807, 2.05) is 24.3 Å². The first-order chi connectivity index (χ1) is 14.7. The molecule has 2 aliphatic rings. The maximum atomic E-state index is 12.9. The van der Waals surface area contributed by atoms with Gasteiger partial charge in [-0.15, -0.1) is 11.8 Å². The van der Waals surface area contributed by atoms with Gasteiger partial charge in [0.2, 0.25) is 11.8 Å². The second-order valence-electron chi connectivity index (χ2n) is 7.94. The third kappa shape index (κ3) is 7.39. The highest BCUT2D eigenvalue weighted by Crippen LogP contribution is 2.27. The number of methoxy groups -OCH3 is 1. The summed E-state index contributed by atoms with van der Waals surface area (Å²) in [6.45, 7) is 0.431. The van der Waals surface area contributed by atoms with E-state index >= 15 is 0 Å². The summed E-state index contributed by atoms with van der Waals surface area (Å²) in [6, 6.07) is 6.90. The minimum absolute atomic E-state index is 0.0807. The monoisotopic (exact) mass is 451 g/mol. The van der Waals surface area contributed by atoms with E-state index in [2.05, 4.69) is 16.0 Å². The maximum absolute atomic E-state index is 12.9. The molecule has 1 heterocycles. The molecule has 0 radical (unpaired) electrons. The van der Waals surface area contributed by atoms with Crippen LogP contribution in [0.5, 0.6) is 5.75 Å². The van der Waals surface area contributed by atoms with Crippen molar-refractivity contribution >= 4 is 35.3 Å². The molecule has 1 aromatic rings. The standard InChI is InChI=1S/C22H33N3O3S2/c1-28-18-9-7-16(8-10-18)11-23-21(26)20(25-22(27)19-13-30-15-24-19)14-29-12-17-5-3-2-4-6-17/h7-10,17,19-20,24H,2-6,11-15H2,1H3,(H,23,26)(H,25,27)/t19-,20+/m1/s1. The topological polar surface area (TPSA) is 79.5 Å². The molecule has 3 rings (SSSR count). The number of nitrogens with one attached hydrogen (secondary N) is 3. The van der Waals surface area contributed by atoms with Gasteiger partial charge in [-0.05, 0) is 42.2 Å². The molecule has 166 valence electrons. The molecule has 1 aliphatic heterocycles. The Bertz CT molecular complexity index is 675. The average molecular weight is 452 g/mol. The lowest BCUT2D eigenvalue weighted by molar-refractivity contribution is -0.129. The molecule has 0 spiro atoms. The summed E-state index contributed by atoms with van der Waals surface area (Å²) in [5.41, 5.74) is 0.998. The van der Waals surface area contributed by atoms with Crippen molar-refractivity contribution in [1.82, 2.24) is 16.0 Å². The first-order valence-electron chi connectivity index (χ1n) is 10.8. The van der Waals surface area contributed by atoms with E-state index in [0.717, 1.165) is 34.6 Å². The van der Waals surface area contributed by atoms with Crippen molar-refractivity contribution in [3.63, 3.8) is 0 Å². The number of hydrogen-bond acceptors (Lipinski definition) is 6. The lowest BCUT2D eigenvalue weighted by Gasteiger charge is -2.23. The first kappa shape index (κ1) is 23.3. The van der Waals surface area contributed by atoms with Gasteiger partial charge in [0.1, 0.15) is 11.8 Å². The zero-order valence-electron chi connectivity index (χ0n) is 17.7. The first-order valence-corrected chi connectivity index (χ1v) is 13.1. The SMILES string of the molecule is COc1ccc(CNC(=O)[C@H](CSCC2CCCCC2)NC(=O)[C@H]2CSCN2)cc1. The minimum atomic E-state index is -0.517. The number of benzene rings is 1. The molecular formula is C22H33N3O3S2. The molecule has 2 amide bonds. The molecule has 3 N–H and O–H groups in total. The predicted molar refractivity (Wildman–Crippen MR) is 125 cm³/mol. The summed E-state index contributed by atoms with van der Waals surface area (Å²) in [5, 5.41) is 9.15. The fourth-order valence-corrected chi connectivity index (χ4v) is 6.00. The van der Waals surface area contributed by atoms with Crippen molar-refractivity contribution in [2.45, 2.75) is 50.7 Å². The molecular weight excluding hydrogens is 418 g/mol. The van der Waals surface area contributed by atoms with Gasteiger partial charge in [-0.25, -0.2) is 0 Å². The van der Waals surface area contributed by atoms with Crippen LogP contribution in [0.2, 0.25) is 0 Å². The third-order valence-corrected chi connectivity index (χ3v) is 7.87. The van der Waals surface area contributed by atoms with Crippen molar-refractivity contribution in [1.29, 1.82) is 0 Å². The van der Waals surface area contributed by atoms with Crippen LogP contribution in [-0.2, 0) is 16.1 Å². The Balaban J connectivity index is 1.51. The Kier molecular flexibility index (Phi) is 9.68. The number of hydrogen-bond donors (Lipinski definition) is 3. The number of ether oxygens (including phenoxy) is 1. The Labute approximate surface area is 188 Å². The summed E-state index contributed by atoms with van der Waals surface area (Å²) in [7, 11) is 1.63. The summed E-state index contributed by atoms with van der Waals surface area (Å²) < 4.78 is 5.17. The van der Waals surface area contributed by atoms with Gasteiger partial charge in [0.25, 0.3) is 0 Å². The Morgan fingerprint density at radius 2 is 2.00 bits per heavy atom. The van der Waals surface area contributed by atoms with Crippen molar-refractivity contribution in [2.24, 2.45) is 5.92 Å². The lowest BCUT2D eigenvalue weighted by Crippen LogP contribution is -2.53. The zero-order valence-corrected chi connectivity index (χ0v) is 19.3. The molecule has 8 heteroatoms. The van der Waals surface area contributed by atoms with Gasteiger partial charge in [-0.2, -0.15) is 11.8 Å². The predicted octanol–water partition coefficient (Wildman–Crippen LogP) is 2.77. The summed E-state index contributed by atoms with van der Waals surface area (Å²) in [4.78, 5) is 25.5. The van der Waals surface area contributed by atoms with Crippen molar-refractivity contribution in [3.05, 3.63) is 29.8 Å².